The van der Waals surface area contributed by atoms with Crippen LogP contribution in [0.4, 0.5) is 0 Å². The van der Waals surface area contributed by atoms with E-state index in [1.165, 1.54) is 18.2 Å². The van der Waals surface area contributed by atoms with Crippen LogP contribution >= 0.6 is 0 Å². The number of benzene rings is 2. The zero-order chi connectivity index (χ0) is 16.1. The summed E-state index contributed by atoms with van der Waals surface area (Å²) >= 11 is 0. The zero-order valence-corrected chi connectivity index (χ0v) is 13.6. The third-order valence-corrected chi connectivity index (χ3v) is 4.27. The van der Waals surface area contributed by atoms with E-state index in [1.807, 2.05) is 18.2 Å². The second-order valence-corrected chi connectivity index (χ2v) is 5.91. The van der Waals surface area contributed by atoms with E-state index in [2.05, 4.69) is 48.3 Å². The Bertz CT molecular complexity index is 617. The van der Waals surface area contributed by atoms with E-state index in [4.69, 9.17) is 14.5 Å². The molecule has 2 atom stereocenters. The van der Waals surface area contributed by atoms with Crippen LogP contribution in [0.15, 0.2) is 54.6 Å². The van der Waals surface area contributed by atoms with Gasteiger partial charge in [0.2, 0.25) is 0 Å². The maximum Gasteiger partial charge on any atom is 0.120 e. The van der Waals surface area contributed by atoms with Crippen LogP contribution < -0.4 is 4.74 Å². The SMILES string of the molecule is COOCC1CC(Oc2cccc(-c3ccccc3)c2)CN1C. The smallest absolute Gasteiger partial charge is 0.120 e. The van der Waals surface area contributed by atoms with E-state index in [1.54, 1.807) is 0 Å². The number of hydrogen-bond donors (Lipinski definition) is 0. The normalized spacial score (nSPS) is 21.5. The van der Waals surface area contributed by atoms with E-state index in [-0.39, 0.29) is 6.10 Å². The van der Waals surface area contributed by atoms with Crippen molar-refractivity contribution in [2.24, 2.45) is 0 Å². The summed E-state index contributed by atoms with van der Waals surface area (Å²) in [5.41, 5.74) is 2.38. The Hall–Kier alpha value is -1.88. The van der Waals surface area contributed by atoms with Crippen molar-refractivity contribution in [2.45, 2.75) is 18.6 Å². The Morgan fingerprint density at radius 3 is 2.61 bits per heavy atom. The average molecular weight is 313 g/mol. The first-order valence-electron chi connectivity index (χ1n) is 7.94. The van der Waals surface area contributed by atoms with Crippen molar-refractivity contribution < 1.29 is 14.5 Å². The highest BCUT2D eigenvalue weighted by molar-refractivity contribution is 5.64. The van der Waals surface area contributed by atoms with E-state index < -0.39 is 0 Å². The first-order valence-corrected chi connectivity index (χ1v) is 7.94. The molecule has 1 saturated heterocycles. The lowest BCUT2D eigenvalue weighted by Crippen LogP contribution is -2.29. The molecule has 4 heteroatoms. The van der Waals surface area contributed by atoms with Crippen LogP contribution in [0, 0.1) is 0 Å². The Balaban J connectivity index is 1.65. The minimum Gasteiger partial charge on any atom is -0.489 e. The number of rotatable bonds is 6. The van der Waals surface area contributed by atoms with Crippen molar-refractivity contribution in [1.29, 1.82) is 0 Å². The van der Waals surface area contributed by atoms with Crippen molar-refractivity contribution in [3.63, 3.8) is 0 Å². The molecule has 0 bridgehead atoms. The molecule has 2 aromatic carbocycles. The molecular formula is C19H23NO3. The number of nitrogens with zero attached hydrogens (tertiary/aromatic N) is 1. The van der Waals surface area contributed by atoms with E-state index in [9.17, 15) is 0 Å². The van der Waals surface area contributed by atoms with Crippen LogP contribution in [0.2, 0.25) is 0 Å². The van der Waals surface area contributed by atoms with Crippen LogP contribution in [0.3, 0.4) is 0 Å². The fraction of sp³-hybridized carbons (Fsp3) is 0.368. The molecule has 0 radical (unpaired) electrons. The Morgan fingerprint density at radius 2 is 1.83 bits per heavy atom. The molecule has 2 unspecified atom stereocenters. The number of ether oxygens (including phenoxy) is 1. The topological polar surface area (TPSA) is 30.9 Å². The van der Waals surface area contributed by atoms with Gasteiger partial charge in [-0.2, -0.15) is 0 Å². The lowest BCUT2D eigenvalue weighted by atomic mass is 10.1. The Morgan fingerprint density at radius 1 is 1.04 bits per heavy atom. The second-order valence-electron chi connectivity index (χ2n) is 5.91. The molecule has 0 amide bonds. The van der Waals surface area contributed by atoms with Crippen LogP contribution in [0.1, 0.15) is 6.42 Å². The minimum atomic E-state index is 0.177. The van der Waals surface area contributed by atoms with E-state index in [0.29, 0.717) is 12.6 Å². The van der Waals surface area contributed by atoms with Gasteiger partial charge in [0.1, 0.15) is 11.9 Å². The number of likely N-dealkylation sites (N-methyl/N-ethyl adjacent to an activating group) is 1. The van der Waals surface area contributed by atoms with Crippen LogP contribution in [0.25, 0.3) is 11.1 Å². The van der Waals surface area contributed by atoms with Crippen molar-refractivity contribution in [2.75, 3.05) is 27.3 Å². The number of likely N-dealkylation sites (tertiary alicyclic amines) is 1. The van der Waals surface area contributed by atoms with Gasteiger partial charge in [-0.05, 0) is 30.3 Å². The molecular weight excluding hydrogens is 290 g/mol. The van der Waals surface area contributed by atoms with E-state index in [0.717, 1.165) is 18.7 Å². The fourth-order valence-electron chi connectivity index (χ4n) is 3.03. The van der Waals surface area contributed by atoms with Crippen LogP contribution in [0.5, 0.6) is 5.75 Å². The summed E-state index contributed by atoms with van der Waals surface area (Å²) in [6.07, 6.45) is 1.12. The van der Waals surface area contributed by atoms with Gasteiger partial charge in [-0.3, -0.25) is 4.90 Å². The summed E-state index contributed by atoms with van der Waals surface area (Å²) < 4.78 is 6.18. The lowest BCUT2D eigenvalue weighted by Gasteiger charge is -2.16. The summed E-state index contributed by atoms with van der Waals surface area (Å²) in [4.78, 5) is 12.0. The van der Waals surface area contributed by atoms with E-state index >= 15 is 0 Å². The fourth-order valence-corrected chi connectivity index (χ4v) is 3.03. The van der Waals surface area contributed by atoms with Gasteiger partial charge in [0, 0.05) is 19.0 Å². The lowest BCUT2D eigenvalue weighted by molar-refractivity contribution is -0.278. The van der Waals surface area contributed by atoms with Gasteiger partial charge in [0.05, 0.1) is 13.7 Å². The first-order chi connectivity index (χ1) is 11.3. The molecule has 1 fully saturated rings. The van der Waals surface area contributed by atoms with Crippen molar-refractivity contribution in [1.82, 2.24) is 4.90 Å². The van der Waals surface area contributed by atoms with Gasteiger partial charge >= 0.3 is 0 Å². The van der Waals surface area contributed by atoms with Crippen LogP contribution in [-0.2, 0) is 9.78 Å². The molecule has 122 valence electrons. The predicted molar refractivity (Wildman–Crippen MR) is 90.3 cm³/mol. The maximum absolute atomic E-state index is 6.18. The molecule has 0 aliphatic carbocycles. The second kappa shape index (κ2) is 7.59. The molecule has 0 spiro atoms. The standard InChI is InChI=1S/C19H23NO3/c1-20-13-19(12-17(20)14-22-21-2)23-18-10-6-9-16(11-18)15-7-4-3-5-8-15/h3-11,17,19H,12-14H2,1-2H3. The Kier molecular flexibility index (Phi) is 5.28. The highest BCUT2D eigenvalue weighted by Crippen LogP contribution is 2.26. The summed E-state index contributed by atoms with van der Waals surface area (Å²) in [5, 5.41) is 0. The van der Waals surface area contributed by atoms with Gasteiger partial charge in [-0.25, -0.2) is 9.78 Å². The molecule has 1 aliphatic heterocycles. The third kappa shape index (κ3) is 4.10. The summed E-state index contributed by atoms with van der Waals surface area (Å²) in [6, 6.07) is 19.0. The first kappa shape index (κ1) is 16.0. The van der Waals surface area contributed by atoms with Crippen LogP contribution in [-0.4, -0.2) is 44.4 Å². The van der Waals surface area contributed by atoms with Crippen molar-refractivity contribution in [3.8, 4) is 16.9 Å². The monoisotopic (exact) mass is 313 g/mol. The van der Waals surface area contributed by atoms with Crippen molar-refractivity contribution in [3.05, 3.63) is 54.6 Å². The van der Waals surface area contributed by atoms with Gasteiger partial charge < -0.3 is 4.74 Å². The predicted octanol–water partition coefficient (Wildman–Crippen LogP) is 3.38. The van der Waals surface area contributed by atoms with Gasteiger partial charge in [0.25, 0.3) is 0 Å². The third-order valence-electron chi connectivity index (χ3n) is 4.27. The molecule has 1 aliphatic rings. The van der Waals surface area contributed by atoms with Gasteiger partial charge in [-0.1, -0.05) is 42.5 Å². The largest absolute Gasteiger partial charge is 0.489 e. The highest BCUT2D eigenvalue weighted by Gasteiger charge is 2.31. The maximum atomic E-state index is 6.18. The summed E-state index contributed by atoms with van der Waals surface area (Å²) in [5.74, 6) is 0.915. The molecule has 4 nitrogen and oxygen atoms in total. The quantitative estimate of drug-likeness (QED) is 0.604. The van der Waals surface area contributed by atoms with Crippen molar-refractivity contribution >= 4 is 0 Å². The number of hydrogen-bond acceptors (Lipinski definition) is 4. The molecule has 0 N–H and O–H groups in total. The van der Waals surface area contributed by atoms with Gasteiger partial charge in [0.15, 0.2) is 0 Å². The summed E-state index contributed by atoms with van der Waals surface area (Å²) in [6.45, 7) is 1.46. The molecule has 1 heterocycles. The minimum absolute atomic E-state index is 0.177. The molecule has 23 heavy (non-hydrogen) atoms. The summed E-state index contributed by atoms with van der Waals surface area (Å²) in [7, 11) is 3.63. The molecule has 2 aromatic rings. The Labute approximate surface area is 137 Å². The zero-order valence-electron chi connectivity index (χ0n) is 13.6. The average Bonchev–Trinajstić information content (AvgIpc) is 2.93. The molecule has 0 aromatic heterocycles. The molecule has 3 rings (SSSR count). The highest BCUT2D eigenvalue weighted by atomic mass is 17.2. The van der Waals surface area contributed by atoms with Gasteiger partial charge in [-0.15, -0.1) is 0 Å². The molecule has 0 saturated carbocycles.